The Bertz CT molecular complexity index is 359. The van der Waals surface area contributed by atoms with Gasteiger partial charge in [0.1, 0.15) is 0 Å². The highest BCUT2D eigenvalue weighted by molar-refractivity contribution is 7.99. The van der Waals surface area contributed by atoms with Crippen LogP contribution in [0.5, 0.6) is 0 Å². The molecule has 1 aromatic rings. The fraction of sp³-hybridized carbons (Fsp3) is 0.417. The Hall–Kier alpha value is -0.960. The molecule has 0 bridgehead atoms. The number of carbonyl (C=O) groups excluding carboxylic acids is 1. The van der Waals surface area contributed by atoms with Gasteiger partial charge in [-0.05, 0) is 26.0 Å². The summed E-state index contributed by atoms with van der Waals surface area (Å²) in [5.41, 5.74) is -0.359. The second kappa shape index (κ2) is 3.89. The van der Waals surface area contributed by atoms with Crippen molar-refractivity contribution in [2.24, 2.45) is 5.41 Å². The van der Waals surface area contributed by atoms with Gasteiger partial charge in [0, 0.05) is 11.3 Å². The first kappa shape index (κ1) is 10.6. The van der Waals surface area contributed by atoms with Gasteiger partial charge in [-0.2, -0.15) is 0 Å². The van der Waals surface area contributed by atoms with Gasteiger partial charge in [0.05, 0.1) is 5.41 Å². The Morgan fingerprint density at radius 1 is 1.33 bits per heavy atom. The minimum atomic E-state index is -0.327. The molecule has 2 nitrogen and oxygen atoms in total. The van der Waals surface area contributed by atoms with Gasteiger partial charge in [-0.1, -0.05) is 30.0 Å². The normalized spacial score (nSPS) is 23.9. The Morgan fingerprint density at radius 2 is 2.00 bits per heavy atom. The van der Waals surface area contributed by atoms with Gasteiger partial charge in [-0.15, -0.1) is 0 Å². The lowest BCUT2D eigenvalue weighted by Gasteiger charge is -2.09. The molecule has 0 aliphatic carbocycles. The lowest BCUT2D eigenvalue weighted by Crippen LogP contribution is -2.16. The molecular formula is C12H14O2S. The van der Waals surface area contributed by atoms with E-state index in [0.717, 1.165) is 11.3 Å². The molecule has 15 heavy (non-hydrogen) atoms. The van der Waals surface area contributed by atoms with Crippen molar-refractivity contribution >= 4 is 17.7 Å². The summed E-state index contributed by atoms with van der Waals surface area (Å²) >= 11 is 1.61. The minimum absolute atomic E-state index is 0.0325. The van der Waals surface area contributed by atoms with Gasteiger partial charge < -0.3 is 4.74 Å². The number of benzene rings is 1. The molecular weight excluding hydrogens is 208 g/mol. The third-order valence-electron chi connectivity index (χ3n) is 2.48. The molecule has 80 valence electrons. The number of rotatable bonds is 2. The number of ether oxygens (including phenoxy) is 1. The molecule has 1 unspecified atom stereocenters. The highest BCUT2D eigenvalue weighted by atomic mass is 32.2. The van der Waals surface area contributed by atoms with Crippen molar-refractivity contribution in [2.45, 2.75) is 30.6 Å². The predicted octanol–water partition coefficient (Wildman–Crippen LogP) is 3.08. The van der Waals surface area contributed by atoms with Gasteiger partial charge in [0.2, 0.25) is 0 Å². The SMILES string of the molecule is CC1(C)CC(Sc2ccccc2)OC1=O. The molecule has 0 radical (unpaired) electrons. The Balaban J connectivity index is 2.02. The standard InChI is InChI=1S/C12H14O2S/c1-12(2)8-10(14-11(12)13)15-9-6-4-3-5-7-9/h3-7,10H,8H2,1-2H3. The maximum atomic E-state index is 11.5. The predicted molar refractivity (Wildman–Crippen MR) is 60.6 cm³/mol. The molecule has 2 rings (SSSR count). The summed E-state index contributed by atoms with van der Waals surface area (Å²) in [7, 11) is 0. The molecule has 1 aliphatic heterocycles. The van der Waals surface area contributed by atoms with Crippen molar-refractivity contribution in [2.75, 3.05) is 0 Å². The van der Waals surface area contributed by atoms with Crippen LogP contribution in [0.1, 0.15) is 20.3 Å². The fourth-order valence-electron chi connectivity index (χ4n) is 1.54. The lowest BCUT2D eigenvalue weighted by molar-refractivity contribution is -0.145. The van der Waals surface area contributed by atoms with Crippen LogP contribution in [-0.4, -0.2) is 11.4 Å². The molecule has 1 aliphatic rings. The van der Waals surface area contributed by atoms with Crippen molar-refractivity contribution in [1.82, 2.24) is 0 Å². The molecule has 1 aromatic carbocycles. The highest BCUT2D eigenvalue weighted by Gasteiger charge is 2.41. The average Bonchev–Trinajstić information content (AvgIpc) is 2.42. The minimum Gasteiger partial charge on any atom is -0.450 e. The Kier molecular flexibility index (Phi) is 2.74. The van der Waals surface area contributed by atoms with Crippen LogP contribution in [-0.2, 0) is 9.53 Å². The molecule has 0 aromatic heterocycles. The number of hydrogen-bond donors (Lipinski definition) is 0. The monoisotopic (exact) mass is 222 g/mol. The van der Waals surface area contributed by atoms with Crippen LogP contribution >= 0.6 is 11.8 Å². The van der Waals surface area contributed by atoms with Crippen LogP contribution in [0, 0.1) is 5.41 Å². The van der Waals surface area contributed by atoms with Crippen LogP contribution in [0.15, 0.2) is 35.2 Å². The Labute approximate surface area is 94.0 Å². The highest BCUT2D eigenvalue weighted by Crippen LogP contribution is 2.40. The number of esters is 1. The molecule has 0 N–H and O–H groups in total. The molecule has 0 amide bonds. The van der Waals surface area contributed by atoms with Crippen LogP contribution in [0.2, 0.25) is 0 Å². The molecule has 1 atom stereocenters. The number of cyclic esters (lactones) is 1. The smallest absolute Gasteiger partial charge is 0.312 e. The van der Waals surface area contributed by atoms with Gasteiger partial charge in [0.15, 0.2) is 5.44 Å². The van der Waals surface area contributed by atoms with Crippen molar-refractivity contribution in [3.05, 3.63) is 30.3 Å². The maximum absolute atomic E-state index is 11.5. The van der Waals surface area contributed by atoms with E-state index in [1.54, 1.807) is 11.8 Å². The number of hydrogen-bond acceptors (Lipinski definition) is 3. The fourth-order valence-corrected chi connectivity index (χ4v) is 2.79. The quantitative estimate of drug-likeness (QED) is 0.719. The van der Waals surface area contributed by atoms with E-state index < -0.39 is 0 Å². The second-order valence-corrected chi connectivity index (χ2v) is 5.59. The summed E-state index contributed by atoms with van der Waals surface area (Å²) in [6, 6.07) is 10.0. The largest absolute Gasteiger partial charge is 0.450 e. The second-order valence-electron chi connectivity index (χ2n) is 4.35. The van der Waals surface area contributed by atoms with Crippen molar-refractivity contribution in [1.29, 1.82) is 0 Å². The van der Waals surface area contributed by atoms with Crippen LogP contribution < -0.4 is 0 Å². The lowest BCUT2D eigenvalue weighted by atomic mass is 9.92. The molecule has 1 heterocycles. The van der Waals surface area contributed by atoms with Crippen molar-refractivity contribution in [3.63, 3.8) is 0 Å². The van der Waals surface area contributed by atoms with Gasteiger partial charge >= 0.3 is 5.97 Å². The Morgan fingerprint density at radius 3 is 2.53 bits per heavy atom. The first-order valence-corrected chi connectivity index (χ1v) is 5.89. The number of carbonyl (C=O) groups is 1. The van der Waals surface area contributed by atoms with Crippen LogP contribution in [0.3, 0.4) is 0 Å². The van der Waals surface area contributed by atoms with E-state index in [2.05, 4.69) is 0 Å². The van der Waals surface area contributed by atoms with Crippen molar-refractivity contribution < 1.29 is 9.53 Å². The molecule has 0 spiro atoms. The van der Waals surface area contributed by atoms with Crippen LogP contribution in [0.4, 0.5) is 0 Å². The number of thioether (sulfide) groups is 1. The molecule has 0 saturated carbocycles. The van der Waals surface area contributed by atoms with Gasteiger partial charge in [0.25, 0.3) is 0 Å². The zero-order chi connectivity index (χ0) is 10.9. The molecule has 1 fully saturated rings. The third kappa shape index (κ3) is 2.34. The topological polar surface area (TPSA) is 26.3 Å². The van der Waals surface area contributed by atoms with E-state index in [1.807, 2.05) is 44.2 Å². The van der Waals surface area contributed by atoms with E-state index in [4.69, 9.17) is 4.74 Å². The summed E-state index contributed by atoms with van der Waals surface area (Å²) < 4.78 is 5.30. The van der Waals surface area contributed by atoms with Crippen molar-refractivity contribution in [3.8, 4) is 0 Å². The molecule has 1 saturated heterocycles. The average molecular weight is 222 g/mol. The van der Waals surface area contributed by atoms with E-state index in [1.165, 1.54) is 0 Å². The van der Waals surface area contributed by atoms with E-state index >= 15 is 0 Å². The zero-order valence-electron chi connectivity index (χ0n) is 8.90. The maximum Gasteiger partial charge on any atom is 0.312 e. The van der Waals surface area contributed by atoms with E-state index in [0.29, 0.717) is 0 Å². The molecule has 3 heteroatoms. The van der Waals surface area contributed by atoms with Crippen LogP contribution in [0.25, 0.3) is 0 Å². The summed E-state index contributed by atoms with van der Waals surface area (Å²) in [6.07, 6.45) is 0.783. The first-order valence-electron chi connectivity index (χ1n) is 5.01. The summed E-state index contributed by atoms with van der Waals surface area (Å²) in [4.78, 5) is 12.6. The van der Waals surface area contributed by atoms with Gasteiger partial charge in [-0.3, -0.25) is 4.79 Å². The van der Waals surface area contributed by atoms with Gasteiger partial charge in [-0.25, -0.2) is 0 Å². The third-order valence-corrected chi connectivity index (χ3v) is 3.55. The van der Waals surface area contributed by atoms with E-state index in [9.17, 15) is 4.79 Å². The summed E-state index contributed by atoms with van der Waals surface area (Å²) in [6.45, 7) is 3.86. The zero-order valence-corrected chi connectivity index (χ0v) is 9.71. The first-order chi connectivity index (χ1) is 7.08. The summed E-state index contributed by atoms with van der Waals surface area (Å²) in [5, 5.41) is 0. The summed E-state index contributed by atoms with van der Waals surface area (Å²) in [5.74, 6) is -0.0871. The van der Waals surface area contributed by atoms with E-state index in [-0.39, 0.29) is 16.8 Å².